The standard InChI is InChI=1S/C13H24N2O4S/c1-8(14-11(17)19-12(2,3)4)9(20)15-13(5,6)10(16)18-7/h8H,1-7H3,(H,14,17)(H,15,20)/t8-/m0/s1. The van der Waals surface area contributed by atoms with Crippen LogP contribution in [0.1, 0.15) is 41.5 Å². The van der Waals surface area contributed by atoms with E-state index in [1.165, 1.54) is 7.11 Å². The molecule has 116 valence electrons. The van der Waals surface area contributed by atoms with E-state index >= 15 is 0 Å². The van der Waals surface area contributed by atoms with Gasteiger partial charge in [0.25, 0.3) is 0 Å². The highest BCUT2D eigenvalue weighted by molar-refractivity contribution is 7.80. The smallest absolute Gasteiger partial charge is 0.408 e. The van der Waals surface area contributed by atoms with Crippen molar-refractivity contribution in [3.8, 4) is 0 Å². The van der Waals surface area contributed by atoms with E-state index in [1.54, 1.807) is 41.5 Å². The highest BCUT2D eigenvalue weighted by Gasteiger charge is 2.31. The Bertz CT molecular complexity index is 388. The Kier molecular flexibility index (Phi) is 6.40. The van der Waals surface area contributed by atoms with Crippen molar-refractivity contribution in [1.82, 2.24) is 10.6 Å². The van der Waals surface area contributed by atoms with Crippen molar-refractivity contribution in [3.05, 3.63) is 0 Å². The van der Waals surface area contributed by atoms with Crippen LogP contribution in [0.5, 0.6) is 0 Å². The Morgan fingerprint density at radius 3 is 2.05 bits per heavy atom. The number of ether oxygens (including phenoxy) is 2. The summed E-state index contributed by atoms with van der Waals surface area (Å²) in [6.45, 7) is 10.3. The van der Waals surface area contributed by atoms with Gasteiger partial charge in [-0.15, -0.1) is 0 Å². The number of nitrogens with one attached hydrogen (secondary N) is 2. The fraction of sp³-hybridized carbons (Fsp3) is 0.769. The normalized spacial score (nSPS) is 13.2. The molecule has 0 aromatic carbocycles. The zero-order valence-electron chi connectivity index (χ0n) is 13.1. The third-order valence-corrected chi connectivity index (χ3v) is 2.71. The van der Waals surface area contributed by atoms with E-state index in [0.717, 1.165) is 0 Å². The van der Waals surface area contributed by atoms with Gasteiger partial charge in [-0.1, -0.05) is 12.2 Å². The number of hydrogen-bond donors (Lipinski definition) is 2. The Labute approximate surface area is 125 Å². The molecule has 0 spiro atoms. The lowest BCUT2D eigenvalue weighted by Crippen LogP contribution is -2.55. The molecule has 7 heteroatoms. The van der Waals surface area contributed by atoms with Crippen LogP contribution in [-0.2, 0) is 14.3 Å². The molecule has 0 saturated heterocycles. The lowest BCUT2D eigenvalue weighted by atomic mass is 10.1. The van der Waals surface area contributed by atoms with Crippen LogP contribution in [0.2, 0.25) is 0 Å². The van der Waals surface area contributed by atoms with Crippen molar-refractivity contribution in [2.45, 2.75) is 58.7 Å². The lowest BCUT2D eigenvalue weighted by molar-refractivity contribution is -0.146. The predicted molar refractivity (Wildman–Crippen MR) is 80.7 cm³/mol. The zero-order chi connectivity index (χ0) is 16.1. The summed E-state index contributed by atoms with van der Waals surface area (Å²) < 4.78 is 9.80. The number of amides is 1. The minimum Gasteiger partial charge on any atom is -0.467 e. The number of alkyl carbamates (subject to hydrolysis) is 1. The summed E-state index contributed by atoms with van der Waals surface area (Å²) in [5.74, 6) is -0.440. The third kappa shape index (κ3) is 6.70. The van der Waals surface area contributed by atoms with Gasteiger partial charge in [0.1, 0.15) is 11.1 Å². The molecule has 0 radical (unpaired) electrons. The van der Waals surface area contributed by atoms with Crippen molar-refractivity contribution in [2.24, 2.45) is 0 Å². The van der Waals surface area contributed by atoms with Gasteiger partial charge in [-0.2, -0.15) is 0 Å². The molecule has 0 saturated carbocycles. The van der Waals surface area contributed by atoms with Crippen LogP contribution < -0.4 is 10.6 Å². The van der Waals surface area contributed by atoms with E-state index < -0.39 is 29.2 Å². The average Bonchev–Trinajstić information content (AvgIpc) is 2.24. The van der Waals surface area contributed by atoms with Crippen LogP contribution in [0.4, 0.5) is 4.79 Å². The van der Waals surface area contributed by atoms with Crippen LogP contribution in [0.3, 0.4) is 0 Å². The number of carbonyl (C=O) groups is 2. The second kappa shape index (κ2) is 6.88. The fourth-order valence-corrected chi connectivity index (χ4v) is 1.59. The molecule has 0 aliphatic carbocycles. The molecule has 2 N–H and O–H groups in total. The molecule has 0 aromatic heterocycles. The zero-order valence-corrected chi connectivity index (χ0v) is 13.9. The van der Waals surface area contributed by atoms with Gasteiger partial charge < -0.3 is 20.1 Å². The van der Waals surface area contributed by atoms with E-state index in [0.29, 0.717) is 4.99 Å². The number of thiocarbonyl (C=S) groups is 1. The molecular formula is C13H24N2O4S. The molecule has 0 heterocycles. The molecule has 0 bridgehead atoms. The van der Waals surface area contributed by atoms with Gasteiger partial charge in [0, 0.05) is 0 Å². The highest BCUT2D eigenvalue weighted by Crippen LogP contribution is 2.08. The van der Waals surface area contributed by atoms with E-state index in [9.17, 15) is 9.59 Å². The fourth-order valence-electron chi connectivity index (χ4n) is 1.27. The number of methoxy groups -OCH3 is 1. The van der Waals surface area contributed by atoms with Gasteiger partial charge in [0.15, 0.2) is 0 Å². The SMILES string of the molecule is COC(=O)C(C)(C)NC(=S)[C@H](C)NC(=O)OC(C)(C)C. The van der Waals surface area contributed by atoms with Gasteiger partial charge in [-0.05, 0) is 41.5 Å². The first-order chi connectivity index (χ1) is 8.89. The molecule has 0 fully saturated rings. The van der Waals surface area contributed by atoms with Gasteiger partial charge in [-0.25, -0.2) is 9.59 Å². The molecule has 0 aromatic rings. The van der Waals surface area contributed by atoms with Crippen molar-refractivity contribution in [1.29, 1.82) is 0 Å². The maximum atomic E-state index is 11.6. The second-order valence-corrected chi connectivity index (χ2v) is 6.41. The Morgan fingerprint density at radius 1 is 1.15 bits per heavy atom. The lowest BCUT2D eigenvalue weighted by Gasteiger charge is -2.28. The molecule has 0 unspecified atom stereocenters. The van der Waals surface area contributed by atoms with Crippen molar-refractivity contribution in [3.63, 3.8) is 0 Å². The summed E-state index contributed by atoms with van der Waals surface area (Å²) in [7, 11) is 1.30. The quantitative estimate of drug-likeness (QED) is 0.609. The topological polar surface area (TPSA) is 76.7 Å². The van der Waals surface area contributed by atoms with Gasteiger partial charge in [0.2, 0.25) is 0 Å². The minimum atomic E-state index is -0.963. The van der Waals surface area contributed by atoms with Crippen molar-refractivity contribution in [2.75, 3.05) is 7.11 Å². The van der Waals surface area contributed by atoms with E-state index in [2.05, 4.69) is 15.4 Å². The molecule has 20 heavy (non-hydrogen) atoms. The van der Waals surface area contributed by atoms with Crippen LogP contribution in [0.25, 0.3) is 0 Å². The van der Waals surface area contributed by atoms with Crippen LogP contribution in [-0.4, -0.2) is 41.3 Å². The maximum Gasteiger partial charge on any atom is 0.408 e. The molecule has 1 atom stereocenters. The molecule has 6 nitrogen and oxygen atoms in total. The number of hydrogen-bond acceptors (Lipinski definition) is 5. The first-order valence-corrected chi connectivity index (χ1v) is 6.70. The van der Waals surface area contributed by atoms with Crippen LogP contribution >= 0.6 is 12.2 Å². The van der Waals surface area contributed by atoms with E-state index in [-0.39, 0.29) is 0 Å². The minimum absolute atomic E-state index is 0.325. The summed E-state index contributed by atoms with van der Waals surface area (Å²) in [6, 6.07) is -0.469. The summed E-state index contributed by atoms with van der Waals surface area (Å²) in [5.41, 5.74) is -1.54. The highest BCUT2D eigenvalue weighted by atomic mass is 32.1. The molecule has 0 rings (SSSR count). The molecular weight excluding hydrogens is 280 g/mol. The summed E-state index contributed by atoms with van der Waals surface area (Å²) >= 11 is 5.16. The Hall–Kier alpha value is -1.37. The third-order valence-electron chi connectivity index (χ3n) is 2.26. The summed E-state index contributed by atoms with van der Waals surface area (Å²) in [4.78, 5) is 23.5. The molecule has 0 aliphatic heterocycles. The van der Waals surface area contributed by atoms with Crippen LogP contribution in [0, 0.1) is 0 Å². The molecule has 0 aliphatic rings. The largest absolute Gasteiger partial charge is 0.467 e. The molecule has 1 amide bonds. The first-order valence-electron chi connectivity index (χ1n) is 6.29. The van der Waals surface area contributed by atoms with E-state index in [1.807, 2.05) is 0 Å². The summed E-state index contributed by atoms with van der Waals surface area (Å²) in [5, 5.41) is 5.46. The van der Waals surface area contributed by atoms with Crippen molar-refractivity contribution < 1.29 is 19.1 Å². The Morgan fingerprint density at radius 2 is 1.65 bits per heavy atom. The number of esters is 1. The van der Waals surface area contributed by atoms with Gasteiger partial charge in [0.05, 0.1) is 18.1 Å². The first kappa shape index (κ1) is 18.6. The second-order valence-electron chi connectivity index (χ2n) is 5.97. The summed E-state index contributed by atoms with van der Waals surface area (Å²) in [6.07, 6.45) is -0.565. The van der Waals surface area contributed by atoms with Gasteiger partial charge >= 0.3 is 12.1 Å². The van der Waals surface area contributed by atoms with E-state index in [4.69, 9.17) is 17.0 Å². The average molecular weight is 304 g/mol. The number of carbonyl (C=O) groups excluding carboxylic acids is 2. The monoisotopic (exact) mass is 304 g/mol. The Balaban J connectivity index is 4.50. The number of rotatable bonds is 4. The van der Waals surface area contributed by atoms with Crippen molar-refractivity contribution >= 4 is 29.3 Å². The van der Waals surface area contributed by atoms with Crippen LogP contribution in [0.15, 0.2) is 0 Å². The predicted octanol–water partition coefficient (Wildman–Crippen LogP) is 1.77. The van der Waals surface area contributed by atoms with Gasteiger partial charge in [-0.3, -0.25) is 0 Å². The maximum absolute atomic E-state index is 11.6.